The van der Waals surface area contributed by atoms with Crippen LogP contribution in [0, 0.1) is 17.1 Å². The maximum atomic E-state index is 14.1. The second-order valence-electron chi connectivity index (χ2n) is 4.00. The highest BCUT2D eigenvalue weighted by Gasteiger charge is 2.15. The van der Waals surface area contributed by atoms with Crippen molar-refractivity contribution in [2.45, 2.75) is 0 Å². The largest absolute Gasteiger partial charge is 0.496 e. The lowest BCUT2D eigenvalue weighted by atomic mass is 10.0. The summed E-state index contributed by atoms with van der Waals surface area (Å²) in [5.41, 5.74) is 0.595. The van der Waals surface area contributed by atoms with Crippen LogP contribution < -0.4 is 4.74 Å². The van der Waals surface area contributed by atoms with Crippen LogP contribution in [0.4, 0.5) is 4.39 Å². The van der Waals surface area contributed by atoms with Gasteiger partial charge in [0.05, 0.1) is 12.7 Å². The summed E-state index contributed by atoms with van der Waals surface area (Å²) in [7, 11) is 1.34. The van der Waals surface area contributed by atoms with Crippen LogP contribution in [-0.4, -0.2) is 18.2 Å². The Hall–Kier alpha value is -2.87. The van der Waals surface area contributed by atoms with E-state index in [0.29, 0.717) is 5.56 Å². The number of carboxylic acids is 1. The number of nitrogens with zero attached hydrogens (tertiary/aromatic N) is 1. The molecular weight excluding hydrogens is 261 g/mol. The van der Waals surface area contributed by atoms with E-state index in [4.69, 9.17) is 15.1 Å². The van der Waals surface area contributed by atoms with Crippen LogP contribution in [0.2, 0.25) is 0 Å². The average Bonchev–Trinajstić information content (AvgIpc) is 2.46. The summed E-state index contributed by atoms with van der Waals surface area (Å²) in [6.45, 7) is 0. The molecule has 2 rings (SSSR count). The second kappa shape index (κ2) is 5.41. The highest BCUT2D eigenvalue weighted by molar-refractivity contribution is 5.92. The summed E-state index contributed by atoms with van der Waals surface area (Å²) >= 11 is 0. The van der Waals surface area contributed by atoms with Gasteiger partial charge >= 0.3 is 5.97 Å². The number of methoxy groups -OCH3 is 1. The number of nitriles is 1. The number of hydrogen-bond acceptors (Lipinski definition) is 3. The lowest BCUT2D eigenvalue weighted by molar-refractivity contribution is 0.0693. The van der Waals surface area contributed by atoms with Crippen molar-refractivity contribution < 1.29 is 19.0 Å². The first-order valence-corrected chi connectivity index (χ1v) is 5.68. The minimum Gasteiger partial charge on any atom is -0.496 e. The summed E-state index contributed by atoms with van der Waals surface area (Å²) < 4.78 is 19.1. The molecule has 0 bridgehead atoms. The normalized spacial score (nSPS) is 9.85. The van der Waals surface area contributed by atoms with Crippen molar-refractivity contribution in [3.05, 3.63) is 53.3 Å². The van der Waals surface area contributed by atoms with Gasteiger partial charge in [-0.15, -0.1) is 0 Å². The van der Waals surface area contributed by atoms with Crippen LogP contribution in [0.25, 0.3) is 11.1 Å². The molecule has 0 atom stereocenters. The van der Waals surface area contributed by atoms with Crippen LogP contribution in [0.1, 0.15) is 15.9 Å². The van der Waals surface area contributed by atoms with Crippen molar-refractivity contribution in [1.29, 1.82) is 5.26 Å². The molecule has 0 spiro atoms. The van der Waals surface area contributed by atoms with Crippen molar-refractivity contribution in [1.82, 2.24) is 0 Å². The first kappa shape index (κ1) is 13.6. The fourth-order valence-electron chi connectivity index (χ4n) is 1.88. The number of halogens is 1. The summed E-state index contributed by atoms with van der Waals surface area (Å²) in [4.78, 5) is 11.0. The van der Waals surface area contributed by atoms with Crippen LogP contribution in [0.5, 0.6) is 5.75 Å². The highest BCUT2D eigenvalue weighted by Crippen LogP contribution is 2.30. The molecular formula is C15H10FNO3. The van der Waals surface area contributed by atoms with Crippen LogP contribution in [0.3, 0.4) is 0 Å². The maximum absolute atomic E-state index is 14.1. The van der Waals surface area contributed by atoms with Crippen LogP contribution in [0.15, 0.2) is 36.4 Å². The zero-order valence-corrected chi connectivity index (χ0v) is 10.6. The van der Waals surface area contributed by atoms with Crippen molar-refractivity contribution >= 4 is 5.97 Å². The van der Waals surface area contributed by atoms with E-state index >= 15 is 0 Å². The Bertz CT molecular complexity index is 720. The molecule has 0 aromatic heterocycles. The van der Waals surface area contributed by atoms with Gasteiger partial charge in [-0.25, -0.2) is 9.18 Å². The van der Waals surface area contributed by atoms with Crippen molar-refractivity contribution in [2.75, 3.05) is 7.11 Å². The summed E-state index contributed by atoms with van der Waals surface area (Å²) in [5, 5.41) is 17.8. The van der Waals surface area contributed by atoms with Gasteiger partial charge in [0.2, 0.25) is 0 Å². The number of aromatic carboxylic acids is 1. The van der Waals surface area contributed by atoms with E-state index in [1.165, 1.54) is 37.4 Å². The SMILES string of the molecule is COc1cc(-c2cccc(C#N)c2F)ccc1C(=O)O. The predicted molar refractivity (Wildman–Crippen MR) is 70.1 cm³/mol. The van der Waals surface area contributed by atoms with Crippen LogP contribution >= 0.6 is 0 Å². The third kappa shape index (κ3) is 2.31. The molecule has 0 fully saturated rings. The fraction of sp³-hybridized carbons (Fsp3) is 0.0667. The van der Waals surface area contributed by atoms with Gasteiger partial charge in [0.15, 0.2) is 0 Å². The Morgan fingerprint density at radius 2 is 2.10 bits per heavy atom. The van der Waals surface area contributed by atoms with Gasteiger partial charge in [-0.2, -0.15) is 5.26 Å². The number of carbonyl (C=O) groups is 1. The smallest absolute Gasteiger partial charge is 0.339 e. The molecule has 0 aliphatic heterocycles. The van der Waals surface area contributed by atoms with Crippen molar-refractivity contribution in [2.24, 2.45) is 0 Å². The van der Waals surface area contributed by atoms with Gasteiger partial charge in [0.25, 0.3) is 0 Å². The first-order valence-electron chi connectivity index (χ1n) is 5.68. The molecule has 0 saturated carbocycles. The monoisotopic (exact) mass is 271 g/mol. The third-order valence-electron chi connectivity index (χ3n) is 2.86. The Kier molecular flexibility index (Phi) is 3.67. The summed E-state index contributed by atoms with van der Waals surface area (Å²) in [6.07, 6.45) is 0. The lowest BCUT2D eigenvalue weighted by Gasteiger charge is -2.09. The minimum absolute atomic E-state index is 0.00639. The number of rotatable bonds is 3. The van der Waals surface area contributed by atoms with Crippen molar-refractivity contribution in [3.8, 4) is 22.9 Å². The van der Waals surface area contributed by atoms with Gasteiger partial charge in [-0.1, -0.05) is 18.2 Å². The predicted octanol–water partition coefficient (Wildman–Crippen LogP) is 3.07. The molecule has 0 unspecified atom stereocenters. The van der Waals surface area contributed by atoms with E-state index in [1.807, 2.05) is 0 Å². The number of hydrogen-bond donors (Lipinski definition) is 1. The molecule has 100 valence electrons. The molecule has 0 radical (unpaired) electrons. The number of carboxylic acid groups (broad SMARTS) is 1. The van der Waals surface area contributed by atoms with E-state index < -0.39 is 11.8 Å². The minimum atomic E-state index is -1.13. The molecule has 1 N–H and O–H groups in total. The molecule has 0 heterocycles. The first-order chi connectivity index (χ1) is 9.58. The molecule has 0 amide bonds. The van der Waals surface area contributed by atoms with E-state index in [-0.39, 0.29) is 22.4 Å². The van der Waals surface area contributed by atoms with E-state index in [1.54, 1.807) is 12.1 Å². The van der Waals surface area contributed by atoms with Gasteiger partial charge < -0.3 is 9.84 Å². The van der Waals surface area contributed by atoms with Crippen molar-refractivity contribution in [3.63, 3.8) is 0 Å². The van der Waals surface area contributed by atoms with Gasteiger partial charge in [0, 0.05) is 5.56 Å². The van der Waals surface area contributed by atoms with E-state index in [9.17, 15) is 9.18 Å². The quantitative estimate of drug-likeness (QED) is 0.931. The summed E-state index contributed by atoms with van der Waals surface area (Å²) in [5.74, 6) is -1.63. The lowest BCUT2D eigenvalue weighted by Crippen LogP contribution is -2.00. The molecule has 2 aromatic rings. The molecule has 0 saturated heterocycles. The van der Waals surface area contributed by atoms with Crippen LogP contribution in [-0.2, 0) is 0 Å². The zero-order chi connectivity index (χ0) is 14.7. The number of benzene rings is 2. The Labute approximate surface area is 114 Å². The Balaban J connectivity index is 2.60. The maximum Gasteiger partial charge on any atom is 0.339 e. The Morgan fingerprint density at radius 3 is 2.70 bits per heavy atom. The Morgan fingerprint density at radius 1 is 1.35 bits per heavy atom. The second-order valence-corrected chi connectivity index (χ2v) is 4.00. The van der Waals surface area contributed by atoms with E-state index in [2.05, 4.69) is 0 Å². The molecule has 5 heteroatoms. The topological polar surface area (TPSA) is 70.3 Å². The zero-order valence-electron chi connectivity index (χ0n) is 10.6. The standard InChI is InChI=1S/C15H10FNO3/c1-20-13-7-9(5-6-12(13)15(18)19)11-4-2-3-10(8-17)14(11)16/h2-7H,1H3,(H,18,19). The number of ether oxygens (including phenoxy) is 1. The third-order valence-corrected chi connectivity index (χ3v) is 2.86. The van der Waals surface area contributed by atoms with Gasteiger partial charge in [-0.3, -0.25) is 0 Å². The molecule has 0 aliphatic carbocycles. The molecule has 20 heavy (non-hydrogen) atoms. The van der Waals surface area contributed by atoms with E-state index in [0.717, 1.165) is 0 Å². The molecule has 0 aliphatic rings. The fourth-order valence-corrected chi connectivity index (χ4v) is 1.88. The molecule has 2 aromatic carbocycles. The van der Waals surface area contributed by atoms with Gasteiger partial charge in [0.1, 0.15) is 23.2 Å². The molecule has 4 nitrogen and oxygen atoms in total. The van der Waals surface area contributed by atoms with Gasteiger partial charge in [-0.05, 0) is 23.8 Å². The average molecular weight is 271 g/mol. The highest BCUT2D eigenvalue weighted by atomic mass is 19.1. The summed E-state index contributed by atoms with van der Waals surface area (Å²) in [6, 6.07) is 10.5.